The summed E-state index contributed by atoms with van der Waals surface area (Å²) in [7, 11) is 0. The highest BCUT2D eigenvalue weighted by Gasteiger charge is 2.50. The quantitative estimate of drug-likeness (QED) is 0.287. The summed E-state index contributed by atoms with van der Waals surface area (Å²) < 4.78 is 5.56. The standard InChI is InChI=1S/C26H23ClN2O5/c1-15-4-2-7-21-23(15)25(32)29(24(21)31)19-5-3-6-20(13-19)34-26(33)16-12-22(30)28(14-16)18-10-8-17(27)9-11-18/h2-6,8-11,13,15-16,21,23H,7,12,14H2,1H3/t15-,16-,21+,23+/m1/s1. The molecule has 0 saturated carbocycles. The Morgan fingerprint density at radius 3 is 2.53 bits per heavy atom. The van der Waals surface area contributed by atoms with Gasteiger partial charge in [0.05, 0.1) is 23.4 Å². The van der Waals surface area contributed by atoms with Crippen LogP contribution in [0.4, 0.5) is 11.4 Å². The Morgan fingerprint density at radius 1 is 1.03 bits per heavy atom. The van der Waals surface area contributed by atoms with Gasteiger partial charge >= 0.3 is 5.97 Å². The minimum Gasteiger partial charge on any atom is -0.426 e. The molecule has 0 aromatic heterocycles. The second-order valence-corrected chi connectivity index (χ2v) is 9.40. The molecule has 7 nitrogen and oxygen atoms in total. The van der Waals surface area contributed by atoms with Gasteiger partial charge in [0.15, 0.2) is 0 Å². The molecule has 2 heterocycles. The number of allylic oxidation sites excluding steroid dienone is 2. The van der Waals surface area contributed by atoms with Gasteiger partial charge in [0.2, 0.25) is 17.7 Å². The molecule has 1 aliphatic carbocycles. The number of anilines is 2. The molecule has 174 valence electrons. The number of benzene rings is 2. The minimum absolute atomic E-state index is 0.00954. The van der Waals surface area contributed by atoms with Crippen molar-refractivity contribution in [3.63, 3.8) is 0 Å². The van der Waals surface area contributed by atoms with Gasteiger partial charge in [-0.1, -0.05) is 36.7 Å². The Kier molecular flexibility index (Phi) is 5.73. The van der Waals surface area contributed by atoms with Gasteiger partial charge < -0.3 is 9.64 Å². The van der Waals surface area contributed by atoms with Crippen LogP contribution >= 0.6 is 11.6 Å². The molecule has 0 bridgehead atoms. The summed E-state index contributed by atoms with van der Waals surface area (Å²) in [5, 5.41) is 0.561. The first-order valence-corrected chi connectivity index (χ1v) is 11.6. The number of carbonyl (C=O) groups excluding carboxylic acids is 4. The van der Waals surface area contributed by atoms with E-state index in [2.05, 4.69) is 0 Å². The molecular weight excluding hydrogens is 456 g/mol. The molecule has 8 heteroatoms. The maximum Gasteiger partial charge on any atom is 0.316 e. The zero-order valence-electron chi connectivity index (χ0n) is 18.5. The fraction of sp³-hybridized carbons (Fsp3) is 0.308. The van der Waals surface area contributed by atoms with Gasteiger partial charge in [0.1, 0.15) is 5.75 Å². The van der Waals surface area contributed by atoms with Crippen LogP contribution < -0.4 is 14.5 Å². The Bertz CT molecular complexity index is 1210. The highest BCUT2D eigenvalue weighted by atomic mass is 35.5. The summed E-state index contributed by atoms with van der Waals surface area (Å²) in [5.41, 5.74) is 1.05. The third-order valence-electron chi connectivity index (χ3n) is 6.76. The van der Waals surface area contributed by atoms with Crippen LogP contribution in [-0.4, -0.2) is 30.2 Å². The Labute approximate surface area is 201 Å². The smallest absolute Gasteiger partial charge is 0.316 e. The lowest BCUT2D eigenvalue weighted by atomic mass is 9.78. The molecule has 2 aromatic carbocycles. The van der Waals surface area contributed by atoms with E-state index >= 15 is 0 Å². The summed E-state index contributed by atoms with van der Waals surface area (Å²) >= 11 is 5.92. The number of imide groups is 1. The largest absolute Gasteiger partial charge is 0.426 e. The topological polar surface area (TPSA) is 84.0 Å². The maximum absolute atomic E-state index is 13.0. The average Bonchev–Trinajstić information content (AvgIpc) is 3.33. The number of fused-ring (bicyclic) bond motifs is 1. The molecule has 0 spiro atoms. The predicted octanol–water partition coefficient (Wildman–Crippen LogP) is 4.00. The third-order valence-corrected chi connectivity index (χ3v) is 7.02. The van der Waals surface area contributed by atoms with E-state index in [9.17, 15) is 19.2 Å². The zero-order valence-corrected chi connectivity index (χ0v) is 19.3. The average molecular weight is 479 g/mol. The molecule has 0 unspecified atom stereocenters. The van der Waals surface area contributed by atoms with E-state index in [0.717, 1.165) is 0 Å². The first-order chi connectivity index (χ1) is 16.3. The summed E-state index contributed by atoms with van der Waals surface area (Å²) in [6, 6.07) is 13.3. The van der Waals surface area contributed by atoms with E-state index in [1.165, 1.54) is 15.9 Å². The number of hydrogen-bond donors (Lipinski definition) is 0. The Balaban J connectivity index is 1.30. The van der Waals surface area contributed by atoms with Gasteiger partial charge in [-0.3, -0.25) is 19.2 Å². The van der Waals surface area contributed by atoms with E-state index in [0.29, 0.717) is 22.8 Å². The molecular formula is C26H23ClN2O5. The minimum atomic E-state index is -0.628. The molecule has 2 fully saturated rings. The van der Waals surface area contributed by atoms with Gasteiger partial charge in [0.25, 0.3) is 0 Å². The number of esters is 1. The number of nitrogens with zero attached hydrogens (tertiary/aromatic N) is 2. The molecule has 2 aliphatic heterocycles. The van der Waals surface area contributed by atoms with Crippen molar-refractivity contribution in [2.24, 2.45) is 23.7 Å². The lowest BCUT2D eigenvalue weighted by Crippen LogP contribution is -2.31. The summed E-state index contributed by atoms with van der Waals surface area (Å²) in [6.45, 7) is 2.15. The van der Waals surface area contributed by atoms with Crippen LogP contribution in [0.25, 0.3) is 0 Å². The van der Waals surface area contributed by atoms with Crippen molar-refractivity contribution in [2.45, 2.75) is 19.8 Å². The van der Waals surface area contributed by atoms with Crippen molar-refractivity contribution in [3.8, 4) is 5.75 Å². The van der Waals surface area contributed by atoms with E-state index in [4.69, 9.17) is 16.3 Å². The molecule has 34 heavy (non-hydrogen) atoms. The second kappa shape index (κ2) is 8.72. The van der Waals surface area contributed by atoms with Crippen LogP contribution in [0, 0.1) is 23.7 Å². The third kappa shape index (κ3) is 3.90. The highest BCUT2D eigenvalue weighted by molar-refractivity contribution is 6.30. The Morgan fingerprint density at radius 2 is 1.79 bits per heavy atom. The van der Waals surface area contributed by atoms with Crippen molar-refractivity contribution in [2.75, 3.05) is 16.3 Å². The Hall–Kier alpha value is -3.45. The van der Waals surface area contributed by atoms with Crippen molar-refractivity contribution in [3.05, 3.63) is 65.7 Å². The molecule has 2 aromatic rings. The van der Waals surface area contributed by atoms with Gasteiger partial charge in [-0.15, -0.1) is 0 Å². The van der Waals surface area contributed by atoms with Crippen molar-refractivity contribution >= 4 is 46.7 Å². The van der Waals surface area contributed by atoms with Gasteiger partial charge in [0, 0.05) is 29.7 Å². The van der Waals surface area contributed by atoms with Gasteiger partial charge in [-0.25, -0.2) is 4.90 Å². The van der Waals surface area contributed by atoms with Crippen LogP contribution in [0.1, 0.15) is 19.8 Å². The van der Waals surface area contributed by atoms with Crippen molar-refractivity contribution in [1.82, 2.24) is 0 Å². The maximum atomic E-state index is 13.0. The van der Waals surface area contributed by atoms with Crippen LogP contribution in [-0.2, 0) is 19.2 Å². The molecule has 4 atom stereocenters. The normalized spacial score (nSPS) is 26.2. The summed E-state index contributed by atoms with van der Waals surface area (Å²) in [5.74, 6) is -2.30. The van der Waals surface area contributed by atoms with Gasteiger partial charge in [-0.05, 0) is 48.7 Å². The number of carbonyl (C=O) groups is 4. The second-order valence-electron chi connectivity index (χ2n) is 8.97. The number of halogens is 1. The van der Waals surface area contributed by atoms with Crippen molar-refractivity contribution in [1.29, 1.82) is 0 Å². The fourth-order valence-electron chi connectivity index (χ4n) is 5.02. The number of rotatable bonds is 4. The van der Waals surface area contributed by atoms with E-state index in [-0.39, 0.29) is 54.2 Å². The van der Waals surface area contributed by atoms with Crippen LogP contribution in [0.3, 0.4) is 0 Å². The lowest BCUT2D eigenvalue weighted by Gasteiger charge is -2.22. The molecule has 3 aliphatic rings. The molecule has 0 N–H and O–H groups in total. The molecule has 0 radical (unpaired) electrons. The van der Waals surface area contributed by atoms with Crippen LogP contribution in [0.15, 0.2) is 60.7 Å². The predicted molar refractivity (Wildman–Crippen MR) is 126 cm³/mol. The summed E-state index contributed by atoms with van der Waals surface area (Å²) in [4.78, 5) is 54.1. The SMILES string of the molecule is C[C@@H]1C=CC[C@@H]2C(=O)N(c3cccc(OC(=O)[C@@H]4CC(=O)N(c5ccc(Cl)cc5)C4)c3)C(=O)[C@@H]12. The molecule has 3 amide bonds. The molecule has 2 saturated heterocycles. The monoisotopic (exact) mass is 478 g/mol. The number of hydrogen-bond acceptors (Lipinski definition) is 5. The molecule has 5 rings (SSSR count). The fourth-order valence-corrected chi connectivity index (χ4v) is 5.15. The van der Waals surface area contributed by atoms with Crippen LogP contribution in [0.2, 0.25) is 5.02 Å². The zero-order chi connectivity index (χ0) is 24.0. The van der Waals surface area contributed by atoms with Gasteiger partial charge in [-0.2, -0.15) is 0 Å². The summed E-state index contributed by atoms with van der Waals surface area (Å²) in [6.07, 6.45) is 4.52. The van der Waals surface area contributed by atoms with E-state index in [1.807, 2.05) is 19.1 Å². The number of ether oxygens (including phenoxy) is 1. The van der Waals surface area contributed by atoms with Crippen LogP contribution in [0.5, 0.6) is 5.75 Å². The highest BCUT2D eigenvalue weighted by Crippen LogP contribution is 2.41. The van der Waals surface area contributed by atoms with Crippen molar-refractivity contribution < 1.29 is 23.9 Å². The first kappa shape index (κ1) is 22.3. The first-order valence-electron chi connectivity index (χ1n) is 11.3. The lowest BCUT2D eigenvalue weighted by molar-refractivity contribution is -0.139. The van der Waals surface area contributed by atoms with E-state index in [1.54, 1.807) is 42.5 Å². The van der Waals surface area contributed by atoms with E-state index < -0.39 is 11.9 Å². The number of amides is 3.